The molecule has 0 fully saturated rings. The molecule has 0 saturated carbocycles. The molecule has 0 aliphatic rings. The maximum absolute atomic E-state index is 12.0. The molecule has 2 aromatic carbocycles. The van der Waals surface area contributed by atoms with Gasteiger partial charge in [-0.1, -0.05) is 11.6 Å². The topological polar surface area (TPSA) is 107 Å². The first-order chi connectivity index (χ1) is 9.88. The summed E-state index contributed by atoms with van der Waals surface area (Å²) in [6, 6.07) is 7.60. The number of nitrogens with one attached hydrogen (secondary N) is 1. The number of rotatable bonds is 3. The zero-order chi connectivity index (χ0) is 15.6. The van der Waals surface area contributed by atoms with Crippen LogP contribution in [-0.4, -0.2) is 27.2 Å². The van der Waals surface area contributed by atoms with Gasteiger partial charge in [0.15, 0.2) is 0 Å². The molecule has 0 heterocycles. The highest BCUT2D eigenvalue weighted by Crippen LogP contribution is 2.25. The van der Waals surface area contributed by atoms with Crippen LogP contribution >= 0.6 is 11.6 Å². The smallest absolute Gasteiger partial charge is 0.339 e. The second-order valence-electron chi connectivity index (χ2n) is 4.15. The SMILES string of the molecule is O=C(O)c1cc(NC(=O)c2ccc(Cl)cc2O)ccc1O. The first kappa shape index (κ1) is 14.7. The molecule has 108 valence electrons. The van der Waals surface area contributed by atoms with Gasteiger partial charge in [0, 0.05) is 10.7 Å². The highest BCUT2D eigenvalue weighted by Gasteiger charge is 2.14. The number of carboxylic acids is 1. The predicted molar refractivity (Wildman–Crippen MR) is 76.1 cm³/mol. The normalized spacial score (nSPS) is 10.1. The minimum absolute atomic E-state index is 0.00986. The van der Waals surface area contributed by atoms with Crippen LogP contribution in [0, 0.1) is 0 Å². The molecule has 0 unspecified atom stereocenters. The number of anilines is 1. The molecule has 4 N–H and O–H groups in total. The van der Waals surface area contributed by atoms with Crippen molar-refractivity contribution in [2.45, 2.75) is 0 Å². The number of hydrogen-bond acceptors (Lipinski definition) is 4. The maximum Gasteiger partial charge on any atom is 0.339 e. The van der Waals surface area contributed by atoms with Crippen molar-refractivity contribution < 1.29 is 24.9 Å². The third-order valence-corrected chi connectivity index (χ3v) is 2.92. The second-order valence-corrected chi connectivity index (χ2v) is 4.59. The Bertz CT molecular complexity index is 729. The highest BCUT2D eigenvalue weighted by atomic mass is 35.5. The van der Waals surface area contributed by atoms with Crippen LogP contribution < -0.4 is 5.32 Å². The van der Waals surface area contributed by atoms with Crippen molar-refractivity contribution >= 4 is 29.2 Å². The molecular weight excluding hydrogens is 298 g/mol. The fraction of sp³-hybridized carbons (Fsp3) is 0. The van der Waals surface area contributed by atoms with Gasteiger partial charge in [-0.2, -0.15) is 0 Å². The van der Waals surface area contributed by atoms with Crippen molar-refractivity contribution in [1.29, 1.82) is 0 Å². The lowest BCUT2D eigenvalue weighted by molar-refractivity contribution is 0.0693. The molecule has 21 heavy (non-hydrogen) atoms. The number of carbonyl (C=O) groups excluding carboxylic acids is 1. The summed E-state index contributed by atoms with van der Waals surface area (Å²) in [5.41, 5.74) is -0.179. The third kappa shape index (κ3) is 3.24. The summed E-state index contributed by atoms with van der Waals surface area (Å²) in [7, 11) is 0. The van der Waals surface area contributed by atoms with Gasteiger partial charge in [0.25, 0.3) is 5.91 Å². The van der Waals surface area contributed by atoms with Crippen LogP contribution in [0.4, 0.5) is 5.69 Å². The fourth-order valence-corrected chi connectivity index (χ4v) is 1.85. The van der Waals surface area contributed by atoms with E-state index in [9.17, 15) is 19.8 Å². The summed E-state index contributed by atoms with van der Waals surface area (Å²) in [4.78, 5) is 22.9. The first-order valence-corrected chi connectivity index (χ1v) is 6.12. The molecule has 7 heteroatoms. The number of phenolic OH excluding ortho intramolecular Hbond substituents is 1. The lowest BCUT2D eigenvalue weighted by Crippen LogP contribution is -2.12. The molecule has 0 bridgehead atoms. The molecule has 2 aromatic rings. The monoisotopic (exact) mass is 307 g/mol. The van der Waals surface area contributed by atoms with Gasteiger partial charge in [0.1, 0.15) is 17.1 Å². The zero-order valence-electron chi connectivity index (χ0n) is 10.5. The number of phenols is 2. The van der Waals surface area contributed by atoms with Crippen molar-refractivity contribution in [3.63, 3.8) is 0 Å². The fourth-order valence-electron chi connectivity index (χ4n) is 1.68. The van der Waals surface area contributed by atoms with Crippen LogP contribution in [0.1, 0.15) is 20.7 Å². The molecule has 0 radical (unpaired) electrons. The molecule has 0 aliphatic heterocycles. The number of halogens is 1. The minimum Gasteiger partial charge on any atom is -0.507 e. The molecule has 0 saturated heterocycles. The van der Waals surface area contributed by atoms with E-state index in [2.05, 4.69) is 5.32 Å². The standard InChI is InChI=1S/C14H10ClNO5/c15-7-1-3-9(12(18)5-7)13(19)16-8-2-4-11(17)10(6-8)14(20)21/h1-6,17-18H,(H,16,19)(H,20,21). The lowest BCUT2D eigenvalue weighted by atomic mass is 10.1. The molecule has 1 amide bonds. The molecule has 0 aromatic heterocycles. The van der Waals surface area contributed by atoms with E-state index in [1.807, 2.05) is 0 Å². The predicted octanol–water partition coefficient (Wildman–Crippen LogP) is 2.70. The van der Waals surface area contributed by atoms with Gasteiger partial charge < -0.3 is 20.6 Å². The Hall–Kier alpha value is -2.73. The quantitative estimate of drug-likeness (QED) is 0.652. The van der Waals surface area contributed by atoms with E-state index in [4.69, 9.17) is 16.7 Å². The number of aromatic carboxylic acids is 1. The number of amides is 1. The number of aromatic hydroxyl groups is 2. The summed E-state index contributed by atoms with van der Waals surface area (Å²) in [5.74, 6) is -2.66. The second kappa shape index (κ2) is 5.72. The van der Waals surface area contributed by atoms with Crippen molar-refractivity contribution in [3.05, 3.63) is 52.5 Å². The number of carboxylic acid groups (broad SMARTS) is 1. The Kier molecular flexibility index (Phi) is 4.00. The van der Waals surface area contributed by atoms with Gasteiger partial charge in [-0.15, -0.1) is 0 Å². The number of hydrogen-bond donors (Lipinski definition) is 4. The van der Waals surface area contributed by atoms with Gasteiger partial charge in [0.2, 0.25) is 0 Å². The van der Waals surface area contributed by atoms with Gasteiger partial charge in [-0.3, -0.25) is 4.79 Å². The molecule has 0 aliphatic carbocycles. The molecular formula is C14H10ClNO5. The highest BCUT2D eigenvalue weighted by molar-refractivity contribution is 6.31. The summed E-state index contributed by atoms with van der Waals surface area (Å²) >= 11 is 5.67. The van der Waals surface area contributed by atoms with E-state index in [1.54, 1.807) is 0 Å². The average Bonchev–Trinajstić information content (AvgIpc) is 2.40. The Labute approximate surface area is 124 Å². The Balaban J connectivity index is 2.27. The summed E-state index contributed by atoms with van der Waals surface area (Å²) < 4.78 is 0. The van der Waals surface area contributed by atoms with E-state index in [0.29, 0.717) is 0 Å². The number of benzene rings is 2. The van der Waals surface area contributed by atoms with E-state index in [0.717, 1.165) is 12.1 Å². The van der Waals surface area contributed by atoms with Crippen molar-refractivity contribution in [3.8, 4) is 11.5 Å². The van der Waals surface area contributed by atoms with Crippen molar-refractivity contribution in [2.24, 2.45) is 0 Å². The largest absolute Gasteiger partial charge is 0.507 e. The van der Waals surface area contributed by atoms with Crippen LogP contribution in [0.15, 0.2) is 36.4 Å². The van der Waals surface area contributed by atoms with Crippen LogP contribution in [0.25, 0.3) is 0 Å². The molecule has 2 rings (SSSR count). The Morgan fingerprint density at radius 3 is 2.29 bits per heavy atom. The van der Waals surface area contributed by atoms with Gasteiger partial charge in [-0.25, -0.2) is 4.79 Å². The van der Waals surface area contributed by atoms with Gasteiger partial charge >= 0.3 is 5.97 Å². The first-order valence-electron chi connectivity index (χ1n) is 5.74. The van der Waals surface area contributed by atoms with E-state index in [1.165, 1.54) is 24.3 Å². The lowest BCUT2D eigenvalue weighted by Gasteiger charge is -2.08. The minimum atomic E-state index is -1.32. The van der Waals surface area contributed by atoms with Gasteiger partial charge in [0.05, 0.1) is 5.56 Å². The van der Waals surface area contributed by atoms with Crippen LogP contribution in [-0.2, 0) is 0 Å². The summed E-state index contributed by atoms with van der Waals surface area (Å²) in [6.07, 6.45) is 0. The van der Waals surface area contributed by atoms with Crippen molar-refractivity contribution in [2.75, 3.05) is 5.32 Å². The summed E-state index contributed by atoms with van der Waals surface area (Å²) in [6.45, 7) is 0. The number of carbonyl (C=O) groups is 2. The van der Waals surface area contributed by atoms with Gasteiger partial charge in [-0.05, 0) is 36.4 Å². The van der Waals surface area contributed by atoms with Crippen LogP contribution in [0.2, 0.25) is 5.02 Å². The maximum atomic E-state index is 12.0. The molecule has 0 atom stereocenters. The Morgan fingerprint density at radius 1 is 0.952 bits per heavy atom. The van der Waals surface area contributed by atoms with Crippen LogP contribution in [0.3, 0.4) is 0 Å². The van der Waals surface area contributed by atoms with Crippen LogP contribution in [0.5, 0.6) is 11.5 Å². The zero-order valence-corrected chi connectivity index (χ0v) is 11.3. The molecule has 6 nitrogen and oxygen atoms in total. The molecule has 0 spiro atoms. The summed E-state index contributed by atoms with van der Waals surface area (Å²) in [5, 5.41) is 30.6. The Morgan fingerprint density at radius 2 is 1.67 bits per heavy atom. The van der Waals surface area contributed by atoms with Crippen molar-refractivity contribution in [1.82, 2.24) is 0 Å². The van der Waals surface area contributed by atoms with E-state index in [-0.39, 0.29) is 27.6 Å². The average molecular weight is 308 g/mol. The van der Waals surface area contributed by atoms with E-state index >= 15 is 0 Å². The third-order valence-electron chi connectivity index (χ3n) is 2.69. The van der Waals surface area contributed by atoms with E-state index < -0.39 is 17.6 Å².